The molecule has 1 fully saturated rings. The highest BCUT2D eigenvalue weighted by atomic mass is 16.1. The van der Waals surface area contributed by atoms with Crippen LogP contribution in [0.1, 0.15) is 44.1 Å². The molecule has 21 heavy (non-hydrogen) atoms. The first-order valence-corrected chi connectivity index (χ1v) is 7.43. The van der Waals surface area contributed by atoms with Crippen LogP contribution in [0.5, 0.6) is 0 Å². The summed E-state index contributed by atoms with van der Waals surface area (Å²) in [6.45, 7) is 4.29. The van der Waals surface area contributed by atoms with Crippen LogP contribution in [0.25, 0.3) is 11.0 Å². The van der Waals surface area contributed by atoms with Crippen molar-refractivity contribution in [3.05, 3.63) is 29.6 Å². The first-order valence-electron chi connectivity index (χ1n) is 7.43. The fourth-order valence-corrected chi connectivity index (χ4v) is 2.63. The minimum Gasteiger partial charge on any atom is -0.341 e. The van der Waals surface area contributed by atoms with E-state index in [2.05, 4.69) is 46.8 Å². The summed E-state index contributed by atoms with van der Waals surface area (Å²) in [6, 6.07) is 6.87. The van der Waals surface area contributed by atoms with Crippen molar-refractivity contribution >= 4 is 16.9 Å². The number of hydrogen-bond acceptors (Lipinski definition) is 2. The van der Waals surface area contributed by atoms with Crippen LogP contribution >= 0.6 is 0 Å². The Kier molecular flexibility index (Phi) is 3.66. The molecule has 2 aromatic rings. The number of rotatable bonds is 4. The second-order valence-corrected chi connectivity index (χ2v) is 5.36. The molecule has 1 aliphatic rings. The van der Waals surface area contributed by atoms with Crippen LogP contribution in [-0.2, 0) is 17.8 Å². The van der Waals surface area contributed by atoms with Crippen LogP contribution in [0.15, 0.2) is 18.2 Å². The monoisotopic (exact) mass is 281 g/mol. The van der Waals surface area contributed by atoms with E-state index in [9.17, 15) is 4.79 Å². The van der Waals surface area contributed by atoms with Gasteiger partial charge in [0.25, 0.3) is 5.91 Å². The highest BCUT2D eigenvalue weighted by molar-refractivity contribution is 5.93. The van der Waals surface area contributed by atoms with Gasteiger partial charge in [-0.25, -0.2) is 4.98 Å². The Hall–Kier alpha value is -2.28. The van der Waals surface area contributed by atoms with Crippen molar-refractivity contribution in [2.45, 2.75) is 45.7 Å². The minimum absolute atomic E-state index is 0.240. The number of hydrogen-bond donors (Lipinski definition) is 1. The number of aromatic nitrogens is 2. The lowest BCUT2D eigenvalue weighted by atomic mass is 10.2. The van der Waals surface area contributed by atoms with Gasteiger partial charge in [0.2, 0.25) is 0 Å². The minimum atomic E-state index is -0.240. The van der Waals surface area contributed by atoms with Gasteiger partial charge in [-0.15, -0.1) is 0 Å². The van der Waals surface area contributed by atoms with Crippen LogP contribution in [-0.4, -0.2) is 15.5 Å². The van der Waals surface area contributed by atoms with Crippen molar-refractivity contribution in [3.8, 4) is 11.8 Å². The number of carbonyl (C=O) groups excluding carboxylic acids is 1. The molecule has 4 heteroatoms. The zero-order valence-electron chi connectivity index (χ0n) is 12.4. The molecule has 0 saturated heterocycles. The Bertz CT molecular complexity index is 744. The van der Waals surface area contributed by atoms with E-state index in [0.29, 0.717) is 12.6 Å². The summed E-state index contributed by atoms with van der Waals surface area (Å²) in [5, 5.41) is 2.79. The molecule has 0 unspecified atom stereocenters. The van der Waals surface area contributed by atoms with Crippen molar-refractivity contribution < 1.29 is 4.79 Å². The second kappa shape index (κ2) is 5.61. The molecule has 0 aliphatic heterocycles. The Morgan fingerprint density at radius 1 is 1.48 bits per heavy atom. The van der Waals surface area contributed by atoms with E-state index in [1.165, 1.54) is 18.4 Å². The molecule has 1 saturated carbocycles. The fourth-order valence-electron chi connectivity index (χ4n) is 2.63. The van der Waals surface area contributed by atoms with Gasteiger partial charge in [0.15, 0.2) is 0 Å². The standard InChI is InChI=1S/C17H19N3O/c1-3-5-17(21)18-11-12-6-9-15-14(10-12)19-16(4-2)20(15)13-7-8-13/h6,9-10,13H,4,7-8,11H2,1-2H3,(H,18,21). The molecule has 0 bridgehead atoms. The molecule has 1 aliphatic carbocycles. The molecule has 0 atom stereocenters. The van der Waals surface area contributed by atoms with E-state index in [-0.39, 0.29) is 5.91 Å². The highest BCUT2D eigenvalue weighted by Crippen LogP contribution is 2.38. The van der Waals surface area contributed by atoms with Gasteiger partial charge in [-0.05, 0) is 43.4 Å². The average Bonchev–Trinajstić information content (AvgIpc) is 3.25. The third-order valence-corrected chi connectivity index (χ3v) is 3.75. The summed E-state index contributed by atoms with van der Waals surface area (Å²) >= 11 is 0. The molecule has 1 aromatic heterocycles. The molecule has 1 amide bonds. The summed E-state index contributed by atoms with van der Waals surface area (Å²) in [7, 11) is 0. The molecule has 3 rings (SSSR count). The molecule has 1 N–H and O–H groups in total. The number of benzene rings is 1. The number of amides is 1. The topological polar surface area (TPSA) is 46.9 Å². The first-order chi connectivity index (χ1) is 10.2. The van der Waals surface area contributed by atoms with Gasteiger partial charge in [0.05, 0.1) is 11.0 Å². The zero-order valence-corrected chi connectivity index (χ0v) is 12.4. The molecular formula is C17H19N3O. The number of nitrogens with zero attached hydrogens (tertiary/aromatic N) is 2. The normalized spacial score (nSPS) is 13.8. The van der Waals surface area contributed by atoms with Crippen molar-refractivity contribution in [2.24, 2.45) is 0 Å². The number of fused-ring (bicyclic) bond motifs is 1. The average molecular weight is 281 g/mol. The van der Waals surface area contributed by atoms with Crippen molar-refractivity contribution in [3.63, 3.8) is 0 Å². The maximum atomic E-state index is 11.4. The van der Waals surface area contributed by atoms with Gasteiger partial charge in [-0.2, -0.15) is 0 Å². The van der Waals surface area contributed by atoms with E-state index in [1.807, 2.05) is 0 Å². The molecule has 0 spiro atoms. The van der Waals surface area contributed by atoms with E-state index in [0.717, 1.165) is 23.3 Å². The van der Waals surface area contributed by atoms with Crippen molar-refractivity contribution in [1.82, 2.24) is 14.9 Å². The molecule has 4 nitrogen and oxygen atoms in total. The Balaban J connectivity index is 1.86. The maximum absolute atomic E-state index is 11.4. The van der Waals surface area contributed by atoms with Crippen LogP contribution in [0.2, 0.25) is 0 Å². The van der Waals surface area contributed by atoms with Crippen molar-refractivity contribution in [1.29, 1.82) is 0 Å². The smallest absolute Gasteiger partial charge is 0.296 e. The van der Waals surface area contributed by atoms with Crippen LogP contribution in [0.3, 0.4) is 0 Å². The number of aryl methyl sites for hydroxylation is 1. The Morgan fingerprint density at radius 3 is 2.95 bits per heavy atom. The van der Waals surface area contributed by atoms with Gasteiger partial charge < -0.3 is 9.88 Å². The van der Waals surface area contributed by atoms with E-state index in [1.54, 1.807) is 6.92 Å². The van der Waals surface area contributed by atoms with Gasteiger partial charge in [-0.3, -0.25) is 4.79 Å². The maximum Gasteiger partial charge on any atom is 0.296 e. The van der Waals surface area contributed by atoms with Crippen LogP contribution in [0.4, 0.5) is 0 Å². The number of nitrogens with one attached hydrogen (secondary N) is 1. The quantitative estimate of drug-likeness (QED) is 0.876. The zero-order chi connectivity index (χ0) is 14.8. The van der Waals surface area contributed by atoms with Gasteiger partial charge in [0, 0.05) is 19.0 Å². The summed E-state index contributed by atoms with van der Waals surface area (Å²) in [6.07, 6.45) is 3.46. The number of imidazole rings is 1. The highest BCUT2D eigenvalue weighted by Gasteiger charge is 2.27. The largest absolute Gasteiger partial charge is 0.341 e. The predicted molar refractivity (Wildman–Crippen MR) is 82.7 cm³/mol. The first kappa shape index (κ1) is 13.7. The van der Waals surface area contributed by atoms with E-state index >= 15 is 0 Å². The summed E-state index contributed by atoms with van der Waals surface area (Å²) in [5.41, 5.74) is 3.28. The third kappa shape index (κ3) is 2.78. The van der Waals surface area contributed by atoms with E-state index in [4.69, 9.17) is 4.98 Å². The third-order valence-electron chi connectivity index (χ3n) is 3.75. The number of carbonyl (C=O) groups is 1. The van der Waals surface area contributed by atoms with Crippen molar-refractivity contribution in [2.75, 3.05) is 0 Å². The predicted octanol–water partition coefficient (Wildman–Crippen LogP) is 2.57. The molecule has 1 aromatic carbocycles. The van der Waals surface area contributed by atoms with Crippen LogP contribution in [0, 0.1) is 11.8 Å². The Morgan fingerprint density at radius 2 is 2.29 bits per heavy atom. The molecular weight excluding hydrogens is 262 g/mol. The lowest BCUT2D eigenvalue weighted by Gasteiger charge is -2.06. The lowest BCUT2D eigenvalue weighted by molar-refractivity contribution is -0.115. The second-order valence-electron chi connectivity index (χ2n) is 5.36. The summed E-state index contributed by atoms with van der Waals surface area (Å²) < 4.78 is 2.38. The summed E-state index contributed by atoms with van der Waals surface area (Å²) in [5.74, 6) is 5.99. The Labute approximate surface area is 124 Å². The molecule has 108 valence electrons. The molecule has 1 heterocycles. The van der Waals surface area contributed by atoms with Gasteiger partial charge >= 0.3 is 0 Å². The van der Waals surface area contributed by atoms with Crippen LogP contribution < -0.4 is 5.32 Å². The lowest BCUT2D eigenvalue weighted by Crippen LogP contribution is -2.20. The fraction of sp³-hybridized carbons (Fsp3) is 0.412. The molecule has 0 radical (unpaired) electrons. The van der Waals surface area contributed by atoms with Gasteiger partial charge in [-0.1, -0.05) is 18.9 Å². The summed E-state index contributed by atoms with van der Waals surface area (Å²) in [4.78, 5) is 16.1. The van der Waals surface area contributed by atoms with E-state index < -0.39 is 0 Å². The SMILES string of the molecule is CC#CC(=O)NCc1ccc2c(c1)nc(CC)n2C1CC1. The van der Waals surface area contributed by atoms with Gasteiger partial charge in [0.1, 0.15) is 5.82 Å².